The van der Waals surface area contributed by atoms with E-state index in [1.54, 1.807) is 0 Å². The number of likely N-dealkylation sites (N-methyl/N-ethyl adjacent to an activating group) is 2. The maximum atomic E-state index is 12.2. The highest BCUT2D eigenvalue weighted by Crippen LogP contribution is 2.32. The molecule has 0 spiro atoms. The lowest BCUT2D eigenvalue weighted by Gasteiger charge is -2.42. The second-order valence-corrected chi connectivity index (χ2v) is 6.50. The van der Waals surface area contributed by atoms with Crippen molar-refractivity contribution in [2.24, 2.45) is 0 Å². The number of rotatable bonds is 5. The SMILES string of the molecule is CNC1(C(=O)OC)CCCC(N(C)CC2CCCCO2)C1. The van der Waals surface area contributed by atoms with E-state index in [-0.39, 0.29) is 5.97 Å². The number of methoxy groups -OCH3 is 1. The molecule has 0 aromatic rings. The van der Waals surface area contributed by atoms with Crippen LogP contribution in [0.15, 0.2) is 0 Å². The third-order valence-corrected chi connectivity index (χ3v) is 5.17. The number of carbonyl (C=O) groups excluding carboxylic acids is 1. The van der Waals surface area contributed by atoms with Crippen LogP contribution in [0.3, 0.4) is 0 Å². The maximum Gasteiger partial charge on any atom is 0.326 e. The first kappa shape index (κ1) is 16.7. The Kier molecular flexibility index (Phi) is 6.02. The molecule has 5 nitrogen and oxygen atoms in total. The van der Waals surface area contributed by atoms with E-state index >= 15 is 0 Å². The van der Waals surface area contributed by atoms with Crippen LogP contribution in [0, 0.1) is 0 Å². The van der Waals surface area contributed by atoms with Crippen LogP contribution in [0.4, 0.5) is 0 Å². The molecule has 2 aliphatic rings. The predicted molar refractivity (Wildman–Crippen MR) is 82.3 cm³/mol. The van der Waals surface area contributed by atoms with Crippen molar-refractivity contribution in [2.45, 2.75) is 62.6 Å². The van der Waals surface area contributed by atoms with Crippen LogP contribution in [0.1, 0.15) is 44.9 Å². The summed E-state index contributed by atoms with van der Waals surface area (Å²) in [6, 6.07) is 0.413. The number of ether oxygens (including phenoxy) is 2. The molecule has 0 aromatic carbocycles. The summed E-state index contributed by atoms with van der Waals surface area (Å²) in [4.78, 5) is 14.5. The van der Waals surface area contributed by atoms with E-state index < -0.39 is 5.54 Å². The maximum absolute atomic E-state index is 12.2. The van der Waals surface area contributed by atoms with Crippen molar-refractivity contribution >= 4 is 5.97 Å². The number of hydrogen-bond donors (Lipinski definition) is 1. The van der Waals surface area contributed by atoms with Crippen LogP contribution in [0.2, 0.25) is 0 Å². The summed E-state index contributed by atoms with van der Waals surface area (Å²) in [7, 11) is 5.50. The minimum absolute atomic E-state index is 0.128. The van der Waals surface area contributed by atoms with E-state index in [0.717, 1.165) is 45.3 Å². The van der Waals surface area contributed by atoms with Crippen molar-refractivity contribution in [1.29, 1.82) is 0 Å². The molecule has 21 heavy (non-hydrogen) atoms. The Hall–Kier alpha value is -0.650. The monoisotopic (exact) mass is 298 g/mol. The number of nitrogens with one attached hydrogen (secondary N) is 1. The lowest BCUT2D eigenvalue weighted by molar-refractivity contribution is -0.151. The van der Waals surface area contributed by atoms with Gasteiger partial charge in [-0.2, -0.15) is 0 Å². The number of carbonyl (C=O) groups is 1. The first-order valence-electron chi connectivity index (χ1n) is 8.20. The Morgan fingerprint density at radius 2 is 2.19 bits per heavy atom. The van der Waals surface area contributed by atoms with Crippen molar-refractivity contribution < 1.29 is 14.3 Å². The molecule has 122 valence electrons. The van der Waals surface area contributed by atoms with Crippen molar-refractivity contribution in [1.82, 2.24) is 10.2 Å². The van der Waals surface area contributed by atoms with Crippen LogP contribution in [0.5, 0.6) is 0 Å². The normalized spacial score (nSPS) is 33.9. The molecule has 1 saturated heterocycles. The van der Waals surface area contributed by atoms with Gasteiger partial charge in [0.1, 0.15) is 5.54 Å². The highest BCUT2D eigenvalue weighted by atomic mass is 16.5. The fraction of sp³-hybridized carbons (Fsp3) is 0.938. The van der Waals surface area contributed by atoms with Crippen LogP contribution >= 0.6 is 0 Å². The standard InChI is InChI=1S/C16H30N2O3/c1-17-16(15(19)20-3)9-6-7-13(11-16)18(2)12-14-8-4-5-10-21-14/h13-14,17H,4-12H2,1-3H3. The van der Waals surface area contributed by atoms with Gasteiger partial charge < -0.3 is 19.7 Å². The van der Waals surface area contributed by atoms with E-state index in [9.17, 15) is 4.79 Å². The average Bonchev–Trinajstić information content (AvgIpc) is 2.55. The van der Waals surface area contributed by atoms with Crippen LogP contribution in [-0.2, 0) is 14.3 Å². The topological polar surface area (TPSA) is 50.8 Å². The molecule has 1 aliphatic heterocycles. The molecule has 1 N–H and O–H groups in total. The highest BCUT2D eigenvalue weighted by molar-refractivity contribution is 5.81. The molecule has 2 fully saturated rings. The van der Waals surface area contributed by atoms with Gasteiger partial charge in [0.25, 0.3) is 0 Å². The molecule has 0 bridgehead atoms. The van der Waals surface area contributed by atoms with Crippen LogP contribution < -0.4 is 5.32 Å². The Balaban J connectivity index is 1.94. The van der Waals surface area contributed by atoms with Gasteiger partial charge in [-0.3, -0.25) is 4.79 Å². The Labute approximate surface area is 128 Å². The van der Waals surface area contributed by atoms with Crippen LogP contribution in [0.25, 0.3) is 0 Å². The van der Waals surface area contributed by atoms with Gasteiger partial charge in [0.05, 0.1) is 13.2 Å². The molecule has 0 radical (unpaired) electrons. The first-order chi connectivity index (χ1) is 10.1. The molecular formula is C16H30N2O3. The van der Waals surface area contributed by atoms with Gasteiger partial charge in [0, 0.05) is 19.2 Å². The molecule has 0 aromatic heterocycles. The molecule has 3 unspecified atom stereocenters. The van der Waals surface area contributed by atoms with E-state index in [0.29, 0.717) is 12.1 Å². The lowest BCUT2D eigenvalue weighted by atomic mass is 9.78. The lowest BCUT2D eigenvalue weighted by Crippen LogP contribution is -2.57. The average molecular weight is 298 g/mol. The zero-order valence-corrected chi connectivity index (χ0v) is 13.7. The Morgan fingerprint density at radius 1 is 1.38 bits per heavy atom. The van der Waals surface area contributed by atoms with E-state index in [1.165, 1.54) is 20.0 Å². The van der Waals surface area contributed by atoms with Gasteiger partial charge in [-0.1, -0.05) is 0 Å². The number of esters is 1. The van der Waals surface area contributed by atoms with Crippen molar-refractivity contribution in [2.75, 3.05) is 34.4 Å². The molecule has 1 saturated carbocycles. The first-order valence-corrected chi connectivity index (χ1v) is 8.20. The van der Waals surface area contributed by atoms with Crippen molar-refractivity contribution in [3.8, 4) is 0 Å². The third-order valence-electron chi connectivity index (χ3n) is 5.17. The number of nitrogens with zero attached hydrogens (tertiary/aromatic N) is 1. The molecule has 2 rings (SSSR count). The molecular weight excluding hydrogens is 268 g/mol. The molecule has 5 heteroatoms. The summed E-state index contributed by atoms with van der Waals surface area (Å²) >= 11 is 0. The summed E-state index contributed by atoms with van der Waals surface area (Å²) in [5.74, 6) is -0.128. The number of hydrogen-bond acceptors (Lipinski definition) is 5. The van der Waals surface area contributed by atoms with Crippen molar-refractivity contribution in [3.63, 3.8) is 0 Å². The van der Waals surface area contributed by atoms with Crippen LogP contribution in [-0.4, -0.2) is 62.9 Å². The summed E-state index contributed by atoms with van der Waals surface area (Å²) in [6.07, 6.45) is 7.85. The quantitative estimate of drug-likeness (QED) is 0.781. The summed E-state index contributed by atoms with van der Waals surface area (Å²) in [5.41, 5.74) is -0.515. The second-order valence-electron chi connectivity index (χ2n) is 6.50. The highest BCUT2D eigenvalue weighted by Gasteiger charge is 2.43. The zero-order valence-electron chi connectivity index (χ0n) is 13.7. The summed E-state index contributed by atoms with van der Waals surface area (Å²) < 4.78 is 10.9. The fourth-order valence-electron chi connectivity index (χ4n) is 3.75. The van der Waals surface area contributed by atoms with E-state index in [2.05, 4.69) is 17.3 Å². The smallest absolute Gasteiger partial charge is 0.326 e. The largest absolute Gasteiger partial charge is 0.468 e. The Bertz CT molecular complexity index is 344. The molecule has 3 atom stereocenters. The van der Waals surface area contributed by atoms with E-state index in [1.807, 2.05) is 7.05 Å². The molecule has 1 heterocycles. The minimum atomic E-state index is -0.515. The van der Waals surface area contributed by atoms with Gasteiger partial charge >= 0.3 is 5.97 Å². The molecule has 1 aliphatic carbocycles. The zero-order chi connectivity index (χ0) is 15.3. The van der Waals surface area contributed by atoms with Gasteiger partial charge in [-0.25, -0.2) is 0 Å². The van der Waals surface area contributed by atoms with Gasteiger partial charge in [-0.05, 0) is 59.0 Å². The predicted octanol–water partition coefficient (Wildman–Crippen LogP) is 1.56. The summed E-state index contributed by atoms with van der Waals surface area (Å²) in [5, 5.41) is 3.22. The van der Waals surface area contributed by atoms with Crippen molar-refractivity contribution in [3.05, 3.63) is 0 Å². The third kappa shape index (κ3) is 3.96. The second kappa shape index (κ2) is 7.56. The van der Waals surface area contributed by atoms with Gasteiger partial charge in [0.2, 0.25) is 0 Å². The van der Waals surface area contributed by atoms with Gasteiger partial charge in [-0.15, -0.1) is 0 Å². The fourth-order valence-corrected chi connectivity index (χ4v) is 3.75. The van der Waals surface area contributed by atoms with E-state index in [4.69, 9.17) is 9.47 Å². The Morgan fingerprint density at radius 3 is 2.81 bits per heavy atom. The summed E-state index contributed by atoms with van der Waals surface area (Å²) in [6.45, 7) is 1.86. The molecule has 0 amide bonds. The van der Waals surface area contributed by atoms with Gasteiger partial charge in [0.15, 0.2) is 0 Å². The minimum Gasteiger partial charge on any atom is -0.468 e.